The summed E-state index contributed by atoms with van der Waals surface area (Å²) >= 11 is 5.01. The van der Waals surface area contributed by atoms with E-state index < -0.39 is 5.38 Å². The third-order valence-electron chi connectivity index (χ3n) is 1.81. The molecule has 0 amide bonds. The van der Waals surface area contributed by atoms with E-state index in [9.17, 15) is 8.78 Å². The number of hydrogen-bond acceptors (Lipinski definition) is 1. The zero-order valence-corrected chi connectivity index (χ0v) is 9.14. The van der Waals surface area contributed by atoms with E-state index in [4.69, 9.17) is 11.6 Å². The van der Waals surface area contributed by atoms with Gasteiger partial charge in [0.1, 0.15) is 5.71 Å². The van der Waals surface area contributed by atoms with Crippen molar-refractivity contribution in [1.29, 1.82) is 0 Å². The van der Waals surface area contributed by atoms with E-state index in [0.717, 1.165) is 0 Å². The van der Waals surface area contributed by atoms with Crippen LogP contribution in [0.1, 0.15) is 18.9 Å². The van der Waals surface area contributed by atoms with Crippen LogP contribution in [0.3, 0.4) is 0 Å². The number of nitrogens with zero attached hydrogens (tertiary/aromatic N) is 1. The smallest absolute Gasteiger partial charge is 0.282 e. The quantitative estimate of drug-likeness (QED) is 0.553. The Morgan fingerprint density at radius 3 is 2.40 bits per heavy atom. The number of rotatable bonds is 4. The van der Waals surface area contributed by atoms with E-state index >= 15 is 0 Å². The van der Waals surface area contributed by atoms with Gasteiger partial charge in [-0.2, -0.15) is 8.78 Å². The Kier molecular flexibility index (Phi) is 4.21. The van der Waals surface area contributed by atoms with E-state index in [1.54, 1.807) is 30.3 Å². The first kappa shape index (κ1) is 12.1. The summed E-state index contributed by atoms with van der Waals surface area (Å²) in [4.78, 5) is 3.82. The highest BCUT2D eigenvalue weighted by molar-refractivity contribution is 6.36. The van der Waals surface area contributed by atoms with Gasteiger partial charge in [-0.15, -0.1) is 0 Å². The number of hydrogen-bond donors (Lipinski definition) is 0. The summed E-state index contributed by atoms with van der Waals surface area (Å²) in [5, 5.41) is -3.41. The van der Waals surface area contributed by atoms with E-state index in [0.29, 0.717) is 18.5 Å². The molecule has 0 aliphatic rings. The van der Waals surface area contributed by atoms with Crippen LogP contribution in [0.5, 0.6) is 0 Å². The first-order valence-electron chi connectivity index (χ1n) is 4.72. The zero-order chi connectivity index (χ0) is 11.3. The topological polar surface area (TPSA) is 12.4 Å². The normalized spacial score (nSPS) is 12.9. The molecule has 15 heavy (non-hydrogen) atoms. The molecule has 0 atom stereocenters. The monoisotopic (exact) mass is 231 g/mol. The van der Waals surface area contributed by atoms with Gasteiger partial charge in [-0.1, -0.05) is 37.3 Å². The van der Waals surface area contributed by atoms with Crippen molar-refractivity contribution in [2.75, 3.05) is 6.54 Å². The van der Waals surface area contributed by atoms with E-state index in [1.165, 1.54) is 0 Å². The standard InChI is InChI=1S/C11H12ClF2N/c1-2-8-15-10(11(12,13)14)9-6-4-3-5-7-9/h3-7H,2,8H2,1H3. The minimum absolute atomic E-state index is 0.354. The van der Waals surface area contributed by atoms with E-state index in [-0.39, 0.29) is 5.71 Å². The Balaban J connectivity index is 3.03. The summed E-state index contributed by atoms with van der Waals surface area (Å²) in [6.45, 7) is 2.23. The molecule has 0 unspecified atom stereocenters. The van der Waals surface area contributed by atoms with Crippen molar-refractivity contribution >= 4 is 17.3 Å². The van der Waals surface area contributed by atoms with Crippen LogP contribution >= 0.6 is 11.6 Å². The molecule has 82 valence electrons. The van der Waals surface area contributed by atoms with Gasteiger partial charge in [0.15, 0.2) is 0 Å². The molecule has 0 aromatic heterocycles. The highest BCUT2D eigenvalue weighted by Crippen LogP contribution is 2.25. The molecule has 0 fully saturated rings. The number of halogens is 3. The van der Waals surface area contributed by atoms with Gasteiger partial charge >= 0.3 is 5.38 Å². The first-order valence-corrected chi connectivity index (χ1v) is 5.10. The third kappa shape index (κ3) is 3.59. The van der Waals surface area contributed by atoms with Crippen molar-refractivity contribution in [3.8, 4) is 0 Å². The molecular weight excluding hydrogens is 220 g/mol. The first-order chi connectivity index (χ1) is 7.05. The predicted octanol–water partition coefficient (Wildman–Crippen LogP) is 3.72. The number of aliphatic imine (C=N–C) groups is 1. The van der Waals surface area contributed by atoms with Crippen LogP contribution in [-0.2, 0) is 0 Å². The molecular formula is C11H12ClF2N. The highest BCUT2D eigenvalue weighted by Gasteiger charge is 2.33. The summed E-state index contributed by atoms with van der Waals surface area (Å²) in [6, 6.07) is 8.27. The fourth-order valence-electron chi connectivity index (χ4n) is 1.16. The lowest BCUT2D eigenvalue weighted by Crippen LogP contribution is -2.23. The molecule has 1 rings (SSSR count). The van der Waals surface area contributed by atoms with Gasteiger partial charge in [0.25, 0.3) is 0 Å². The molecule has 0 heterocycles. The summed E-state index contributed by atoms with van der Waals surface area (Å²) in [6.07, 6.45) is 0.712. The van der Waals surface area contributed by atoms with Crippen LogP contribution in [0.4, 0.5) is 8.78 Å². The minimum Gasteiger partial charge on any atom is -0.282 e. The summed E-state index contributed by atoms with van der Waals surface area (Å²) in [7, 11) is 0. The molecule has 1 nitrogen and oxygen atoms in total. The highest BCUT2D eigenvalue weighted by atomic mass is 35.5. The maximum atomic E-state index is 13.0. The van der Waals surface area contributed by atoms with Crippen LogP contribution in [-0.4, -0.2) is 17.6 Å². The van der Waals surface area contributed by atoms with Gasteiger partial charge in [0, 0.05) is 12.1 Å². The van der Waals surface area contributed by atoms with Crippen molar-refractivity contribution in [2.45, 2.75) is 18.7 Å². The largest absolute Gasteiger partial charge is 0.364 e. The molecule has 0 radical (unpaired) electrons. The Morgan fingerprint density at radius 1 is 1.33 bits per heavy atom. The molecule has 0 saturated carbocycles. The number of benzene rings is 1. The second-order valence-corrected chi connectivity index (χ2v) is 3.57. The average molecular weight is 232 g/mol. The molecule has 0 aliphatic heterocycles. The summed E-state index contributed by atoms with van der Waals surface area (Å²) in [5.41, 5.74) is 0.0116. The maximum Gasteiger partial charge on any atom is 0.364 e. The van der Waals surface area contributed by atoms with Crippen LogP contribution in [0.15, 0.2) is 35.3 Å². The van der Waals surface area contributed by atoms with Crippen molar-refractivity contribution in [2.24, 2.45) is 4.99 Å². The molecule has 0 spiro atoms. The van der Waals surface area contributed by atoms with Crippen LogP contribution < -0.4 is 0 Å². The molecule has 1 aromatic carbocycles. The SMILES string of the molecule is CCCN=C(c1ccccc1)C(F)(F)Cl. The van der Waals surface area contributed by atoms with Crippen molar-refractivity contribution in [3.05, 3.63) is 35.9 Å². The third-order valence-corrected chi connectivity index (χ3v) is 1.99. The molecule has 0 N–H and O–H groups in total. The summed E-state index contributed by atoms with van der Waals surface area (Å²) in [5.74, 6) is 0. The molecule has 0 saturated heterocycles. The van der Waals surface area contributed by atoms with Gasteiger partial charge in [-0.05, 0) is 18.0 Å². The fraction of sp³-hybridized carbons (Fsp3) is 0.364. The van der Waals surface area contributed by atoms with Gasteiger partial charge in [-0.25, -0.2) is 0 Å². The van der Waals surface area contributed by atoms with Gasteiger partial charge in [0.2, 0.25) is 0 Å². The second-order valence-electron chi connectivity index (χ2n) is 3.09. The average Bonchev–Trinajstić information content (AvgIpc) is 2.18. The van der Waals surface area contributed by atoms with E-state index in [1.807, 2.05) is 6.92 Å². The van der Waals surface area contributed by atoms with Crippen LogP contribution in [0.2, 0.25) is 0 Å². The minimum atomic E-state index is -3.41. The maximum absolute atomic E-state index is 13.0. The van der Waals surface area contributed by atoms with Crippen molar-refractivity contribution in [3.63, 3.8) is 0 Å². The molecule has 0 bridgehead atoms. The van der Waals surface area contributed by atoms with Gasteiger partial charge < -0.3 is 0 Å². The lowest BCUT2D eigenvalue weighted by molar-refractivity contribution is 0.176. The lowest BCUT2D eigenvalue weighted by atomic mass is 10.1. The second kappa shape index (κ2) is 5.21. The Labute approximate surface area is 92.8 Å². The molecule has 4 heteroatoms. The van der Waals surface area contributed by atoms with Gasteiger partial charge in [0.05, 0.1) is 0 Å². The van der Waals surface area contributed by atoms with Crippen LogP contribution in [0.25, 0.3) is 0 Å². The Hall–Kier alpha value is -0.960. The predicted molar refractivity (Wildman–Crippen MR) is 58.9 cm³/mol. The fourth-order valence-corrected chi connectivity index (χ4v) is 1.33. The Bertz CT molecular complexity index is 330. The number of alkyl halides is 3. The van der Waals surface area contributed by atoms with Gasteiger partial charge in [-0.3, -0.25) is 4.99 Å². The van der Waals surface area contributed by atoms with E-state index in [2.05, 4.69) is 4.99 Å². The van der Waals surface area contributed by atoms with Crippen LogP contribution in [0, 0.1) is 0 Å². The lowest BCUT2D eigenvalue weighted by Gasteiger charge is -2.11. The Morgan fingerprint density at radius 2 is 1.93 bits per heavy atom. The molecule has 0 aliphatic carbocycles. The van der Waals surface area contributed by atoms with Crippen molar-refractivity contribution < 1.29 is 8.78 Å². The van der Waals surface area contributed by atoms with Crippen molar-refractivity contribution in [1.82, 2.24) is 0 Å². The zero-order valence-electron chi connectivity index (χ0n) is 8.38. The summed E-state index contributed by atoms with van der Waals surface area (Å²) < 4.78 is 26.1. The molecule has 1 aromatic rings.